The topological polar surface area (TPSA) is 18.5 Å². The smallest absolute Gasteiger partial charge is 0.160 e. The van der Waals surface area contributed by atoms with Gasteiger partial charge in [0.15, 0.2) is 11.5 Å². The van der Waals surface area contributed by atoms with E-state index in [-0.39, 0.29) is 0 Å². The van der Waals surface area contributed by atoms with Crippen LogP contribution in [0.25, 0.3) is 0 Å². The first-order valence-corrected chi connectivity index (χ1v) is 4.52. The minimum Gasteiger partial charge on any atom is -0.493 e. The summed E-state index contributed by atoms with van der Waals surface area (Å²) in [5.41, 5.74) is 2.33. The van der Waals surface area contributed by atoms with Gasteiger partial charge in [-0.25, -0.2) is 0 Å². The van der Waals surface area contributed by atoms with Gasteiger partial charge >= 0.3 is 0 Å². The van der Waals surface area contributed by atoms with Crippen molar-refractivity contribution in [3.8, 4) is 11.5 Å². The Kier molecular flexibility index (Phi) is 3.57. The second kappa shape index (κ2) is 4.70. The number of benzene rings is 1. The van der Waals surface area contributed by atoms with E-state index in [0.29, 0.717) is 0 Å². The van der Waals surface area contributed by atoms with Crippen molar-refractivity contribution in [1.29, 1.82) is 0 Å². The van der Waals surface area contributed by atoms with E-state index < -0.39 is 0 Å². The first-order chi connectivity index (χ1) is 6.67. The summed E-state index contributed by atoms with van der Waals surface area (Å²) in [6.07, 6.45) is 0.875. The molecule has 1 rings (SSSR count). The SMILES string of the molecule is C=C(C)Cc1ccc(OC)c(OC)c1. The Hall–Kier alpha value is -1.44. The van der Waals surface area contributed by atoms with Gasteiger partial charge in [0, 0.05) is 0 Å². The predicted octanol–water partition coefficient (Wildman–Crippen LogP) is 2.82. The van der Waals surface area contributed by atoms with Crippen molar-refractivity contribution in [3.63, 3.8) is 0 Å². The second-order valence-electron chi connectivity index (χ2n) is 3.32. The molecule has 0 aliphatic rings. The van der Waals surface area contributed by atoms with E-state index in [1.165, 1.54) is 5.56 Å². The van der Waals surface area contributed by atoms with Crippen LogP contribution in [0.5, 0.6) is 11.5 Å². The van der Waals surface area contributed by atoms with Crippen molar-refractivity contribution in [2.24, 2.45) is 0 Å². The Labute approximate surface area is 85.2 Å². The molecule has 1 aromatic rings. The zero-order chi connectivity index (χ0) is 10.6. The molecule has 0 amide bonds. The van der Waals surface area contributed by atoms with E-state index in [9.17, 15) is 0 Å². The fourth-order valence-corrected chi connectivity index (χ4v) is 1.34. The number of rotatable bonds is 4. The van der Waals surface area contributed by atoms with Crippen molar-refractivity contribution in [2.75, 3.05) is 14.2 Å². The summed E-state index contributed by atoms with van der Waals surface area (Å²) in [5.74, 6) is 1.53. The lowest BCUT2D eigenvalue weighted by Crippen LogP contribution is -1.93. The lowest BCUT2D eigenvalue weighted by atomic mass is 10.1. The number of hydrogen-bond donors (Lipinski definition) is 0. The molecule has 2 nitrogen and oxygen atoms in total. The maximum Gasteiger partial charge on any atom is 0.160 e. The molecule has 0 saturated heterocycles. The quantitative estimate of drug-likeness (QED) is 0.683. The standard InChI is InChI=1S/C12H16O2/c1-9(2)7-10-5-6-11(13-3)12(8-10)14-4/h5-6,8H,1,7H2,2-4H3. The van der Waals surface area contributed by atoms with E-state index in [2.05, 4.69) is 6.58 Å². The van der Waals surface area contributed by atoms with Gasteiger partial charge in [-0.05, 0) is 31.0 Å². The van der Waals surface area contributed by atoms with Gasteiger partial charge in [0.05, 0.1) is 14.2 Å². The molecule has 0 heterocycles. The molecule has 14 heavy (non-hydrogen) atoms. The van der Waals surface area contributed by atoms with Gasteiger partial charge in [0.2, 0.25) is 0 Å². The van der Waals surface area contributed by atoms with E-state index in [1.807, 2.05) is 25.1 Å². The fourth-order valence-electron chi connectivity index (χ4n) is 1.34. The number of ether oxygens (including phenoxy) is 2. The Morgan fingerprint density at radius 2 is 1.86 bits per heavy atom. The molecule has 0 aromatic heterocycles. The molecular weight excluding hydrogens is 176 g/mol. The lowest BCUT2D eigenvalue weighted by molar-refractivity contribution is 0.354. The van der Waals surface area contributed by atoms with Crippen LogP contribution in [-0.2, 0) is 6.42 Å². The van der Waals surface area contributed by atoms with Crippen molar-refractivity contribution in [3.05, 3.63) is 35.9 Å². The van der Waals surface area contributed by atoms with Gasteiger partial charge in [-0.2, -0.15) is 0 Å². The molecule has 2 heteroatoms. The van der Waals surface area contributed by atoms with Gasteiger partial charge in [0.1, 0.15) is 0 Å². The van der Waals surface area contributed by atoms with Gasteiger partial charge < -0.3 is 9.47 Å². The van der Waals surface area contributed by atoms with Gasteiger partial charge in [-0.15, -0.1) is 0 Å². The summed E-state index contributed by atoms with van der Waals surface area (Å²) in [5, 5.41) is 0. The summed E-state index contributed by atoms with van der Waals surface area (Å²) in [7, 11) is 3.28. The van der Waals surface area contributed by atoms with Crippen LogP contribution < -0.4 is 9.47 Å². The summed E-state index contributed by atoms with van der Waals surface area (Å²) in [6.45, 7) is 5.89. The van der Waals surface area contributed by atoms with Crippen LogP contribution in [-0.4, -0.2) is 14.2 Å². The molecule has 0 aliphatic carbocycles. The number of allylic oxidation sites excluding steroid dienone is 1. The predicted molar refractivity (Wildman–Crippen MR) is 58.1 cm³/mol. The first-order valence-electron chi connectivity index (χ1n) is 4.52. The second-order valence-corrected chi connectivity index (χ2v) is 3.32. The largest absolute Gasteiger partial charge is 0.493 e. The van der Waals surface area contributed by atoms with Gasteiger partial charge in [-0.3, -0.25) is 0 Å². The highest BCUT2D eigenvalue weighted by Crippen LogP contribution is 2.28. The van der Waals surface area contributed by atoms with E-state index in [0.717, 1.165) is 23.5 Å². The molecule has 76 valence electrons. The summed E-state index contributed by atoms with van der Waals surface area (Å²) in [4.78, 5) is 0. The van der Waals surface area contributed by atoms with Crippen LogP contribution in [0.15, 0.2) is 30.4 Å². The molecule has 0 saturated carbocycles. The molecule has 1 aromatic carbocycles. The van der Waals surface area contributed by atoms with Crippen molar-refractivity contribution >= 4 is 0 Å². The highest BCUT2D eigenvalue weighted by atomic mass is 16.5. The maximum absolute atomic E-state index is 5.20. The van der Waals surface area contributed by atoms with Crippen molar-refractivity contribution in [1.82, 2.24) is 0 Å². The molecule has 0 bridgehead atoms. The molecule has 0 unspecified atom stereocenters. The minimum absolute atomic E-state index is 0.762. The van der Waals surface area contributed by atoms with Crippen LogP contribution in [0, 0.1) is 0 Å². The third-order valence-electron chi connectivity index (χ3n) is 1.95. The van der Waals surface area contributed by atoms with Crippen LogP contribution in [0.3, 0.4) is 0 Å². The molecule has 0 radical (unpaired) electrons. The summed E-state index contributed by atoms with van der Waals surface area (Å²) < 4.78 is 10.4. The fraction of sp³-hybridized carbons (Fsp3) is 0.333. The summed E-state index contributed by atoms with van der Waals surface area (Å²) >= 11 is 0. The highest BCUT2D eigenvalue weighted by molar-refractivity contribution is 5.43. The lowest BCUT2D eigenvalue weighted by Gasteiger charge is -2.09. The van der Waals surface area contributed by atoms with E-state index in [4.69, 9.17) is 9.47 Å². The Bertz CT molecular complexity index is 329. The molecule has 0 spiro atoms. The maximum atomic E-state index is 5.20. The average molecular weight is 192 g/mol. The van der Waals surface area contributed by atoms with Crippen molar-refractivity contribution in [2.45, 2.75) is 13.3 Å². The highest BCUT2D eigenvalue weighted by Gasteiger charge is 2.03. The Morgan fingerprint density at radius 1 is 1.21 bits per heavy atom. The van der Waals surface area contributed by atoms with Gasteiger partial charge in [-0.1, -0.05) is 18.2 Å². The minimum atomic E-state index is 0.762. The van der Waals surface area contributed by atoms with Crippen LogP contribution in [0.4, 0.5) is 0 Å². The third kappa shape index (κ3) is 2.52. The zero-order valence-corrected chi connectivity index (χ0v) is 8.96. The van der Waals surface area contributed by atoms with Gasteiger partial charge in [0.25, 0.3) is 0 Å². The summed E-state index contributed by atoms with van der Waals surface area (Å²) in [6, 6.07) is 5.92. The molecular formula is C12H16O2. The average Bonchev–Trinajstić information content (AvgIpc) is 2.16. The molecule has 0 atom stereocenters. The molecule has 0 fully saturated rings. The van der Waals surface area contributed by atoms with Crippen molar-refractivity contribution < 1.29 is 9.47 Å². The molecule has 0 N–H and O–H groups in total. The molecule has 0 aliphatic heterocycles. The monoisotopic (exact) mass is 192 g/mol. The Morgan fingerprint density at radius 3 is 2.36 bits per heavy atom. The van der Waals surface area contributed by atoms with Crippen LogP contribution in [0.1, 0.15) is 12.5 Å². The van der Waals surface area contributed by atoms with Crippen LogP contribution in [0.2, 0.25) is 0 Å². The first kappa shape index (κ1) is 10.6. The number of hydrogen-bond acceptors (Lipinski definition) is 2. The number of methoxy groups -OCH3 is 2. The van der Waals surface area contributed by atoms with E-state index in [1.54, 1.807) is 14.2 Å². The third-order valence-corrected chi connectivity index (χ3v) is 1.95. The van der Waals surface area contributed by atoms with E-state index >= 15 is 0 Å². The van der Waals surface area contributed by atoms with Crippen LogP contribution >= 0.6 is 0 Å². The zero-order valence-electron chi connectivity index (χ0n) is 8.96. The Balaban J connectivity index is 2.95. The normalized spacial score (nSPS) is 9.64.